The Morgan fingerprint density at radius 3 is 2.54 bits per heavy atom. The minimum Gasteiger partial charge on any atom is -0.383 e. The molecule has 146 valence electrons. The monoisotopic (exact) mass is 382 g/mol. The van der Waals surface area contributed by atoms with E-state index in [4.69, 9.17) is 4.74 Å². The Hall–Kier alpha value is -2.84. The molecule has 7 nitrogen and oxygen atoms in total. The quantitative estimate of drug-likeness (QED) is 0.706. The second-order valence-electron chi connectivity index (χ2n) is 6.76. The summed E-state index contributed by atoms with van der Waals surface area (Å²) in [7, 11) is 1.72. The van der Waals surface area contributed by atoms with Gasteiger partial charge in [-0.3, -0.25) is 15.0 Å². The highest BCUT2D eigenvalue weighted by Crippen LogP contribution is 2.29. The second-order valence-corrected chi connectivity index (χ2v) is 6.76. The summed E-state index contributed by atoms with van der Waals surface area (Å²) in [6.45, 7) is 4.01. The Balaban J connectivity index is 1.50. The standard InChI is InChI=1S/C20H23FN6O/c1-28-14-18(16-12-24-25-13-16)26-8-10-27(11-9-26)20-19(22-6-7-23-20)15-2-4-17(21)5-3-15/h2-7,12-13,18H,8-11,14H2,1H3,(H,24,25). The molecule has 1 aliphatic heterocycles. The summed E-state index contributed by atoms with van der Waals surface area (Å²) in [6, 6.07) is 6.56. The van der Waals surface area contributed by atoms with Gasteiger partial charge < -0.3 is 9.64 Å². The number of halogens is 1. The number of aromatic amines is 1. The van der Waals surface area contributed by atoms with Crippen LogP contribution in [0.15, 0.2) is 49.1 Å². The zero-order valence-electron chi connectivity index (χ0n) is 15.8. The Labute approximate surface area is 163 Å². The smallest absolute Gasteiger partial charge is 0.155 e. The first-order valence-electron chi connectivity index (χ1n) is 9.30. The van der Waals surface area contributed by atoms with Gasteiger partial charge >= 0.3 is 0 Å². The van der Waals surface area contributed by atoms with E-state index in [0.29, 0.717) is 6.61 Å². The lowest BCUT2D eigenvalue weighted by molar-refractivity contribution is 0.0855. The summed E-state index contributed by atoms with van der Waals surface area (Å²) in [5, 5.41) is 6.96. The van der Waals surface area contributed by atoms with Gasteiger partial charge in [0.15, 0.2) is 5.82 Å². The van der Waals surface area contributed by atoms with Crippen molar-refractivity contribution in [3.8, 4) is 11.3 Å². The van der Waals surface area contributed by atoms with E-state index in [2.05, 4.69) is 30.0 Å². The first-order chi connectivity index (χ1) is 13.8. The fourth-order valence-electron chi connectivity index (χ4n) is 3.63. The molecule has 2 aromatic heterocycles. The largest absolute Gasteiger partial charge is 0.383 e. The normalized spacial score (nSPS) is 16.3. The Kier molecular flexibility index (Phi) is 5.59. The van der Waals surface area contributed by atoms with E-state index in [-0.39, 0.29) is 11.9 Å². The van der Waals surface area contributed by atoms with Crippen LogP contribution in [0.4, 0.5) is 10.2 Å². The number of nitrogens with zero attached hydrogens (tertiary/aromatic N) is 5. The van der Waals surface area contributed by atoms with Gasteiger partial charge in [0.1, 0.15) is 11.5 Å². The number of piperazine rings is 1. The highest BCUT2D eigenvalue weighted by molar-refractivity contribution is 5.72. The van der Waals surface area contributed by atoms with Crippen LogP contribution in [0.3, 0.4) is 0 Å². The van der Waals surface area contributed by atoms with Crippen molar-refractivity contribution in [1.29, 1.82) is 0 Å². The van der Waals surface area contributed by atoms with Gasteiger partial charge in [-0.25, -0.2) is 9.37 Å². The van der Waals surface area contributed by atoms with Crippen molar-refractivity contribution in [1.82, 2.24) is 25.1 Å². The van der Waals surface area contributed by atoms with Crippen molar-refractivity contribution in [2.45, 2.75) is 6.04 Å². The fraction of sp³-hybridized carbons (Fsp3) is 0.350. The Bertz CT molecular complexity index is 878. The molecule has 3 heterocycles. The van der Waals surface area contributed by atoms with Gasteiger partial charge in [-0.05, 0) is 24.3 Å². The number of ether oxygens (including phenoxy) is 1. The number of nitrogens with one attached hydrogen (secondary N) is 1. The summed E-state index contributed by atoms with van der Waals surface area (Å²) in [5.41, 5.74) is 2.77. The van der Waals surface area contributed by atoms with E-state index in [9.17, 15) is 4.39 Å². The molecule has 0 amide bonds. The van der Waals surface area contributed by atoms with Gasteiger partial charge in [0.2, 0.25) is 0 Å². The van der Waals surface area contributed by atoms with Crippen molar-refractivity contribution >= 4 is 5.82 Å². The summed E-state index contributed by atoms with van der Waals surface area (Å²) in [4.78, 5) is 13.7. The molecule has 1 N–H and O–H groups in total. The number of methoxy groups -OCH3 is 1. The van der Waals surface area contributed by atoms with Gasteiger partial charge in [0, 0.05) is 63.0 Å². The van der Waals surface area contributed by atoms with E-state index in [1.54, 1.807) is 31.6 Å². The number of hydrogen-bond acceptors (Lipinski definition) is 6. The van der Waals surface area contributed by atoms with Crippen LogP contribution in [0.5, 0.6) is 0 Å². The SMILES string of the molecule is COCC(c1cn[nH]c1)N1CCN(c2nccnc2-c2ccc(F)cc2)CC1. The molecule has 4 rings (SSSR count). The Morgan fingerprint density at radius 1 is 1.11 bits per heavy atom. The maximum Gasteiger partial charge on any atom is 0.155 e. The molecule has 3 aromatic rings. The van der Waals surface area contributed by atoms with Crippen LogP contribution in [-0.2, 0) is 4.74 Å². The van der Waals surface area contributed by atoms with E-state index >= 15 is 0 Å². The predicted octanol–water partition coefficient (Wildman–Crippen LogP) is 2.52. The van der Waals surface area contributed by atoms with E-state index in [1.165, 1.54) is 12.1 Å². The topological polar surface area (TPSA) is 70.2 Å². The van der Waals surface area contributed by atoms with Crippen LogP contribution in [0, 0.1) is 5.82 Å². The third-order valence-corrected chi connectivity index (χ3v) is 5.08. The zero-order valence-corrected chi connectivity index (χ0v) is 15.8. The van der Waals surface area contributed by atoms with Crippen molar-refractivity contribution < 1.29 is 9.13 Å². The van der Waals surface area contributed by atoms with Gasteiger partial charge in [-0.1, -0.05) is 0 Å². The highest BCUT2D eigenvalue weighted by Gasteiger charge is 2.27. The third kappa shape index (κ3) is 3.88. The maximum atomic E-state index is 13.3. The number of benzene rings is 1. The molecule has 0 aliphatic carbocycles. The van der Waals surface area contributed by atoms with Crippen LogP contribution in [0.2, 0.25) is 0 Å². The molecule has 1 atom stereocenters. The Morgan fingerprint density at radius 2 is 1.86 bits per heavy atom. The predicted molar refractivity (Wildman–Crippen MR) is 104 cm³/mol. The minimum atomic E-state index is -0.258. The van der Waals surface area contributed by atoms with Crippen LogP contribution in [0.1, 0.15) is 11.6 Å². The van der Waals surface area contributed by atoms with E-state index in [0.717, 1.165) is 48.8 Å². The number of aromatic nitrogens is 4. The van der Waals surface area contributed by atoms with E-state index in [1.807, 2.05) is 12.4 Å². The molecule has 0 bridgehead atoms. The van der Waals surface area contributed by atoms with Gasteiger partial charge in [-0.2, -0.15) is 5.10 Å². The number of H-pyrrole nitrogens is 1. The fourth-order valence-corrected chi connectivity index (χ4v) is 3.63. The van der Waals surface area contributed by atoms with Gasteiger partial charge in [0.25, 0.3) is 0 Å². The molecule has 1 aromatic carbocycles. The lowest BCUT2D eigenvalue weighted by Crippen LogP contribution is -2.49. The molecular weight excluding hydrogens is 359 g/mol. The van der Waals surface area contributed by atoms with Gasteiger partial charge in [0.05, 0.1) is 18.8 Å². The summed E-state index contributed by atoms with van der Waals surface area (Å²) in [6.07, 6.45) is 7.15. The summed E-state index contributed by atoms with van der Waals surface area (Å²) < 4.78 is 18.7. The average molecular weight is 382 g/mol. The number of hydrogen-bond donors (Lipinski definition) is 1. The van der Waals surface area contributed by atoms with Crippen molar-refractivity contribution in [3.63, 3.8) is 0 Å². The number of anilines is 1. The van der Waals surface area contributed by atoms with Crippen LogP contribution in [-0.4, -0.2) is 65.0 Å². The first kappa shape index (κ1) is 18.5. The first-order valence-corrected chi connectivity index (χ1v) is 9.30. The zero-order chi connectivity index (χ0) is 19.3. The summed E-state index contributed by atoms with van der Waals surface area (Å²) >= 11 is 0. The lowest BCUT2D eigenvalue weighted by atomic mass is 10.1. The maximum absolute atomic E-state index is 13.3. The molecule has 1 aliphatic rings. The average Bonchev–Trinajstić information content (AvgIpc) is 3.27. The molecule has 1 unspecified atom stereocenters. The van der Waals surface area contributed by atoms with Gasteiger partial charge in [-0.15, -0.1) is 0 Å². The molecule has 0 radical (unpaired) electrons. The highest BCUT2D eigenvalue weighted by atomic mass is 19.1. The second kappa shape index (κ2) is 8.45. The molecule has 1 saturated heterocycles. The van der Waals surface area contributed by atoms with E-state index < -0.39 is 0 Å². The van der Waals surface area contributed by atoms with Crippen LogP contribution in [0.25, 0.3) is 11.3 Å². The molecule has 0 spiro atoms. The van der Waals surface area contributed by atoms with Crippen molar-refractivity contribution in [3.05, 3.63) is 60.4 Å². The van der Waals surface area contributed by atoms with Crippen molar-refractivity contribution in [2.24, 2.45) is 0 Å². The molecule has 8 heteroatoms. The van der Waals surface area contributed by atoms with Crippen LogP contribution < -0.4 is 4.90 Å². The van der Waals surface area contributed by atoms with Crippen LogP contribution >= 0.6 is 0 Å². The lowest BCUT2D eigenvalue weighted by Gasteiger charge is -2.39. The molecule has 28 heavy (non-hydrogen) atoms. The summed E-state index contributed by atoms with van der Waals surface area (Å²) in [5.74, 6) is 0.576. The molecule has 1 fully saturated rings. The number of rotatable bonds is 6. The van der Waals surface area contributed by atoms with Crippen molar-refractivity contribution in [2.75, 3.05) is 44.8 Å². The molecule has 0 saturated carbocycles. The molecular formula is C20H23FN6O. The third-order valence-electron chi connectivity index (χ3n) is 5.08. The minimum absolute atomic E-state index is 0.171.